The molecule has 4 atom stereocenters. The van der Waals surface area contributed by atoms with Gasteiger partial charge in [0.2, 0.25) is 0 Å². The SMILES string of the molecule is CCS(=O)C(C)c1cccc(C2(N)NC=C(C(F)(F)F)C(N)(C3CCC3)N2)c1. The number of hydrogen-bond donors (Lipinski definition) is 4. The molecule has 0 saturated heterocycles. The second-order valence-electron chi connectivity index (χ2n) is 7.57. The molecule has 1 aromatic carbocycles. The summed E-state index contributed by atoms with van der Waals surface area (Å²) in [4.78, 5) is 0. The number of alkyl halides is 3. The molecule has 1 aliphatic heterocycles. The van der Waals surface area contributed by atoms with Crippen LogP contribution in [0.5, 0.6) is 0 Å². The van der Waals surface area contributed by atoms with Crippen LogP contribution in [0.2, 0.25) is 0 Å². The first kappa shape index (κ1) is 21.3. The average molecular weight is 417 g/mol. The van der Waals surface area contributed by atoms with Gasteiger partial charge in [-0.2, -0.15) is 13.2 Å². The minimum Gasteiger partial charge on any atom is -0.357 e. The molecule has 1 aliphatic carbocycles. The van der Waals surface area contributed by atoms with Crippen LogP contribution in [-0.2, 0) is 16.6 Å². The average Bonchev–Trinajstić information content (AvgIpc) is 2.57. The van der Waals surface area contributed by atoms with E-state index >= 15 is 0 Å². The second-order valence-corrected chi connectivity index (χ2v) is 9.61. The van der Waals surface area contributed by atoms with Crippen LogP contribution in [0.25, 0.3) is 0 Å². The summed E-state index contributed by atoms with van der Waals surface area (Å²) >= 11 is 0. The topological polar surface area (TPSA) is 93.2 Å². The zero-order valence-electron chi connectivity index (χ0n) is 16.0. The highest BCUT2D eigenvalue weighted by molar-refractivity contribution is 7.85. The van der Waals surface area contributed by atoms with Crippen molar-refractivity contribution in [2.24, 2.45) is 17.4 Å². The van der Waals surface area contributed by atoms with E-state index in [-0.39, 0.29) is 11.2 Å². The van der Waals surface area contributed by atoms with E-state index < -0.39 is 34.0 Å². The summed E-state index contributed by atoms with van der Waals surface area (Å²) in [7, 11) is -1.05. The normalized spacial score (nSPS) is 30.8. The molecule has 0 spiro atoms. The maximum absolute atomic E-state index is 13.6. The first-order valence-electron chi connectivity index (χ1n) is 9.41. The molecule has 5 nitrogen and oxygen atoms in total. The van der Waals surface area contributed by atoms with Crippen molar-refractivity contribution < 1.29 is 17.4 Å². The van der Waals surface area contributed by atoms with Gasteiger partial charge in [-0.1, -0.05) is 31.5 Å². The Labute approximate surface area is 165 Å². The number of halogens is 3. The molecule has 1 saturated carbocycles. The molecule has 9 heteroatoms. The molecule has 3 rings (SSSR count). The van der Waals surface area contributed by atoms with Crippen molar-refractivity contribution in [1.82, 2.24) is 10.6 Å². The van der Waals surface area contributed by atoms with Crippen LogP contribution >= 0.6 is 0 Å². The van der Waals surface area contributed by atoms with Crippen LogP contribution < -0.4 is 22.1 Å². The molecule has 1 heterocycles. The van der Waals surface area contributed by atoms with Crippen LogP contribution in [0, 0.1) is 5.92 Å². The number of rotatable bonds is 5. The highest BCUT2D eigenvalue weighted by Crippen LogP contribution is 2.45. The van der Waals surface area contributed by atoms with Gasteiger partial charge in [-0.05, 0) is 37.3 Å². The van der Waals surface area contributed by atoms with Crippen molar-refractivity contribution in [3.63, 3.8) is 0 Å². The fraction of sp³-hybridized carbons (Fsp3) is 0.579. The quantitative estimate of drug-likeness (QED) is 0.592. The van der Waals surface area contributed by atoms with Crippen molar-refractivity contribution in [2.45, 2.75) is 56.0 Å². The summed E-state index contributed by atoms with van der Waals surface area (Å²) in [5.74, 6) is -1.30. The molecule has 0 amide bonds. The van der Waals surface area contributed by atoms with Crippen LogP contribution in [0.4, 0.5) is 13.2 Å². The van der Waals surface area contributed by atoms with Gasteiger partial charge < -0.3 is 11.1 Å². The Morgan fingerprint density at radius 2 is 2.00 bits per heavy atom. The number of benzene rings is 1. The van der Waals surface area contributed by atoms with Gasteiger partial charge in [0.05, 0.1) is 10.8 Å². The molecule has 1 aromatic rings. The molecule has 28 heavy (non-hydrogen) atoms. The third-order valence-corrected chi connectivity index (χ3v) is 7.47. The van der Waals surface area contributed by atoms with E-state index in [0.29, 0.717) is 24.2 Å². The van der Waals surface area contributed by atoms with Crippen LogP contribution in [0.15, 0.2) is 36.0 Å². The van der Waals surface area contributed by atoms with E-state index in [1.165, 1.54) is 0 Å². The minimum atomic E-state index is -4.57. The summed E-state index contributed by atoms with van der Waals surface area (Å²) in [6, 6.07) is 7.09. The Bertz CT molecular complexity index is 796. The number of nitrogens with two attached hydrogens (primary N) is 2. The van der Waals surface area contributed by atoms with Crippen molar-refractivity contribution in [3.8, 4) is 0 Å². The van der Waals surface area contributed by atoms with Gasteiger partial charge in [-0.25, -0.2) is 0 Å². The van der Waals surface area contributed by atoms with Gasteiger partial charge in [0.1, 0.15) is 5.66 Å². The summed E-state index contributed by atoms with van der Waals surface area (Å²) in [5, 5.41) is 5.32. The molecule has 1 fully saturated rings. The highest BCUT2D eigenvalue weighted by atomic mass is 32.2. The van der Waals surface area contributed by atoms with E-state index in [1.54, 1.807) is 18.2 Å². The minimum absolute atomic E-state index is 0.215. The van der Waals surface area contributed by atoms with Gasteiger partial charge >= 0.3 is 6.18 Å². The maximum atomic E-state index is 13.6. The van der Waals surface area contributed by atoms with Gasteiger partial charge in [0.15, 0.2) is 5.79 Å². The lowest BCUT2D eigenvalue weighted by Gasteiger charge is -2.52. The molecular formula is C19H27F3N4OS. The predicted molar refractivity (Wildman–Crippen MR) is 104 cm³/mol. The molecule has 0 radical (unpaired) electrons. The van der Waals surface area contributed by atoms with Crippen molar-refractivity contribution >= 4 is 10.8 Å². The molecule has 0 aromatic heterocycles. The summed E-state index contributed by atoms with van der Waals surface area (Å²) in [6.45, 7) is 3.70. The highest BCUT2D eigenvalue weighted by Gasteiger charge is 2.56. The number of hydrogen-bond acceptors (Lipinski definition) is 5. The lowest BCUT2D eigenvalue weighted by atomic mass is 9.71. The third-order valence-electron chi connectivity index (χ3n) is 5.84. The Kier molecular flexibility index (Phi) is 5.66. The lowest BCUT2D eigenvalue weighted by Crippen LogP contribution is -2.77. The second kappa shape index (κ2) is 7.44. The molecule has 0 bridgehead atoms. The predicted octanol–water partition coefficient (Wildman–Crippen LogP) is 2.68. The van der Waals surface area contributed by atoms with Crippen molar-refractivity contribution in [3.05, 3.63) is 47.2 Å². The van der Waals surface area contributed by atoms with Gasteiger partial charge in [0.25, 0.3) is 0 Å². The van der Waals surface area contributed by atoms with E-state index in [9.17, 15) is 17.4 Å². The summed E-state index contributed by atoms with van der Waals surface area (Å²) in [5.41, 5.74) is 11.5. The van der Waals surface area contributed by atoms with E-state index in [2.05, 4.69) is 10.6 Å². The fourth-order valence-corrected chi connectivity index (χ4v) is 4.78. The van der Waals surface area contributed by atoms with Crippen molar-refractivity contribution in [1.29, 1.82) is 0 Å². The Hall–Kier alpha value is -1.42. The number of nitrogens with one attached hydrogen (secondary N) is 2. The monoisotopic (exact) mass is 416 g/mol. The Balaban J connectivity index is 1.99. The van der Waals surface area contributed by atoms with Gasteiger partial charge in [-0.3, -0.25) is 15.3 Å². The standard InChI is InChI=1S/C19H27F3N4OS/c1-3-28(27)12(2)13-6-4-9-15(10-13)19(24)25-11-16(18(20,21)22)17(23,26-19)14-7-5-8-14/h4,6,9-12,14,25-26H,3,5,7-8,23-24H2,1-2H3. The summed E-state index contributed by atoms with van der Waals surface area (Å²) in [6.07, 6.45) is -1.61. The molecule has 4 unspecified atom stereocenters. The van der Waals surface area contributed by atoms with Gasteiger partial charge in [-0.15, -0.1) is 0 Å². The Morgan fingerprint density at radius 1 is 1.32 bits per heavy atom. The zero-order valence-corrected chi connectivity index (χ0v) is 16.8. The van der Waals surface area contributed by atoms with E-state index in [0.717, 1.165) is 18.2 Å². The smallest absolute Gasteiger partial charge is 0.357 e. The van der Waals surface area contributed by atoms with Crippen LogP contribution in [0.3, 0.4) is 0 Å². The fourth-order valence-electron chi connectivity index (χ4n) is 3.83. The van der Waals surface area contributed by atoms with E-state index in [4.69, 9.17) is 11.5 Å². The molecule has 2 aliphatic rings. The lowest BCUT2D eigenvalue weighted by molar-refractivity contribution is -0.115. The van der Waals surface area contributed by atoms with Crippen LogP contribution in [-0.4, -0.2) is 21.8 Å². The molecule has 6 N–H and O–H groups in total. The summed E-state index contributed by atoms with van der Waals surface area (Å²) < 4.78 is 53.0. The first-order chi connectivity index (χ1) is 13.0. The van der Waals surface area contributed by atoms with E-state index in [1.807, 2.05) is 19.9 Å². The molecular weight excluding hydrogens is 389 g/mol. The largest absolute Gasteiger partial charge is 0.417 e. The first-order valence-corrected chi connectivity index (χ1v) is 10.8. The Morgan fingerprint density at radius 3 is 2.54 bits per heavy atom. The maximum Gasteiger partial charge on any atom is 0.417 e. The van der Waals surface area contributed by atoms with Crippen LogP contribution in [0.1, 0.15) is 49.5 Å². The zero-order chi connectivity index (χ0) is 20.7. The third kappa shape index (κ3) is 3.72. The molecule has 156 valence electrons. The van der Waals surface area contributed by atoms with Gasteiger partial charge in [0, 0.05) is 28.3 Å². The van der Waals surface area contributed by atoms with Crippen molar-refractivity contribution in [2.75, 3.05) is 5.75 Å².